The largest absolute Gasteiger partial charge is 0.489 e. The number of fused-ring (bicyclic) bond motifs is 1. The molecule has 5 heteroatoms. The maximum absolute atomic E-state index is 6.29. The Morgan fingerprint density at radius 3 is 2.33 bits per heavy atom. The highest BCUT2D eigenvalue weighted by atomic mass is 35.5. The average Bonchev–Trinajstić information content (AvgIpc) is 2.76. The highest BCUT2D eigenvalue weighted by Gasteiger charge is 2.10. The molecule has 30 heavy (non-hydrogen) atoms. The Kier molecular flexibility index (Phi) is 6.81. The molecule has 0 fully saturated rings. The van der Waals surface area contributed by atoms with Gasteiger partial charge in [-0.25, -0.2) is 0 Å². The maximum Gasteiger partial charge on any atom is 0.124 e. The van der Waals surface area contributed by atoms with E-state index >= 15 is 0 Å². The minimum absolute atomic E-state index is 0.409. The molecule has 0 aliphatic rings. The quantitative estimate of drug-likeness (QED) is 0.308. The predicted octanol–water partition coefficient (Wildman–Crippen LogP) is 7.67. The van der Waals surface area contributed by atoms with Gasteiger partial charge < -0.3 is 10.1 Å². The molecule has 0 aliphatic carbocycles. The number of rotatable bonds is 7. The van der Waals surface area contributed by atoms with Crippen LogP contribution >= 0.6 is 34.8 Å². The summed E-state index contributed by atoms with van der Waals surface area (Å²) >= 11 is 18.4. The second-order valence-corrected chi connectivity index (χ2v) is 8.22. The van der Waals surface area contributed by atoms with Gasteiger partial charge in [-0.3, -0.25) is 0 Å². The molecular formula is C25H20Cl3NO. The molecule has 4 aromatic carbocycles. The van der Waals surface area contributed by atoms with Crippen LogP contribution in [0.5, 0.6) is 5.75 Å². The van der Waals surface area contributed by atoms with Crippen molar-refractivity contribution >= 4 is 45.6 Å². The fraction of sp³-hybridized carbons (Fsp3) is 0.120. The second kappa shape index (κ2) is 9.72. The van der Waals surface area contributed by atoms with Crippen LogP contribution in [0.3, 0.4) is 0 Å². The summed E-state index contributed by atoms with van der Waals surface area (Å²) in [6, 6.07) is 25.8. The molecule has 0 heterocycles. The van der Waals surface area contributed by atoms with Crippen LogP contribution in [0.4, 0.5) is 0 Å². The van der Waals surface area contributed by atoms with Gasteiger partial charge in [0.05, 0.1) is 10.0 Å². The molecule has 0 saturated carbocycles. The SMILES string of the molecule is Clc1ccc(COc2ccc3ccccc3c2CNCc2ccccc2Cl)cc1Cl. The van der Waals surface area contributed by atoms with Gasteiger partial charge in [0.2, 0.25) is 0 Å². The first-order valence-corrected chi connectivity index (χ1v) is 10.8. The molecule has 2 nitrogen and oxygen atoms in total. The van der Waals surface area contributed by atoms with Crippen LogP contribution in [0, 0.1) is 0 Å². The van der Waals surface area contributed by atoms with Gasteiger partial charge in [0, 0.05) is 23.7 Å². The van der Waals surface area contributed by atoms with Gasteiger partial charge in [-0.15, -0.1) is 0 Å². The maximum atomic E-state index is 6.29. The van der Waals surface area contributed by atoms with Crippen molar-refractivity contribution in [3.8, 4) is 5.75 Å². The van der Waals surface area contributed by atoms with E-state index in [4.69, 9.17) is 39.5 Å². The first-order valence-electron chi connectivity index (χ1n) is 9.63. The zero-order chi connectivity index (χ0) is 20.9. The topological polar surface area (TPSA) is 21.3 Å². The van der Waals surface area contributed by atoms with Gasteiger partial charge in [0.25, 0.3) is 0 Å². The third-order valence-corrected chi connectivity index (χ3v) is 6.06. The zero-order valence-corrected chi connectivity index (χ0v) is 18.4. The van der Waals surface area contributed by atoms with Gasteiger partial charge in [0.15, 0.2) is 0 Å². The fourth-order valence-electron chi connectivity index (χ4n) is 3.39. The summed E-state index contributed by atoms with van der Waals surface area (Å²) in [5.74, 6) is 0.839. The number of hydrogen-bond acceptors (Lipinski definition) is 2. The molecule has 0 unspecified atom stereocenters. The fourth-order valence-corrected chi connectivity index (χ4v) is 3.91. The summed E-state index contributed by atoms with van der Waals surface area (Å²) in [5.41, 5.74) is 3.14. The molecule has 0 radical (unpaired) electrons. The minimum atomic E-state index is 0.409. The zero-order valence-electron chi connectivity index (χ0n) is 16.2. The van der Waals surface area contributed by atoms with Crippen LogP contribution in [0.25, 0.3) is 10.8 Å². The summed E-state index contributed by atoms with van der Waals surface area (Å²) in [5, 5.41) is 7.67. The summed E-state index contributed by atoms with van der Waals surface area (Å²) in [6.07, 6.45) is 0. The Labute approximate surface area is 191 Å². The lowest BCUT2D eigenvalue weighted by molar-refractivity contribution is 0.302. The first-order chi connectivity index (χ1) is 14.6. The third kappa shape index (κ3) is 4.91. The number of hydrogen-bond donors (Lipinski definition) is 1. The van der Waals surface area contributed by atoms with Crippen LogP contribution < -0.4 is 10.1 Å². The van der Waals surface area contributed by atoms with E-state index < -0.39 is 0 Å². The summed E-state index contributed by atoms with van der Waals surface area (Å²) in [6.45, 7) is 1.74. The number of benzene rings is 4. The lowest BCUT2D eigenvalue weighted by atomic mass is 10.0. The Morgan fingerprint density at radius 2 is 1.50 bits per heavy atom. The molecule has 0 atom stereocenters. The van der Waals surface area contributed by atoms with Gasteiger partial charge in [-0.05, 0) is 46.2 Å². The molecular weight excluding hydrogens is 437 g/mol. The van der Waals surface area contributed by atoms with Crippen molar-refractivity contribution < 1.29 is 4.74 Å². The van der Waals surface area contributed by atoms with Crippen molar-refractivity contribution in [1.29, 1.82) is 0 Å². The van der Waals surface area contributed by atoms with E-state index in [9.17, 15) is 0 Å². The molecule has 4 rings (SSSR count). The summed E-state index contributed by atoms with van der Waals surface area (Å²) < 4.78 is 6.18. The van der Waals surface area contributed by atoms with Gasteiger partial charge in [-0.2, -0.15) is 0 Å². The van der Waals surface area contributed by atoms with Gasteiger partial charge in [-0.1, -0.05) is 89.4 Å². The Bertz CT molecular complexity index is 1180. The van der Waals surface area contributed by atoms with Crippen LogP contribution in [-0.2, 0) is 19.7 Å². The molecule has 1 N–H and O–H groups in total. The van der Waals surface area contributed by atoms with Crippen molar-refractivity contribution in [3.63, 3.8) is 0 Å². The van der Waals surface area contributed by atoms with Gasteiger partial charge >= 0.3 is 0 Å². The number of nitrogens with one attached hydrogen (secondary N) is 1. The number of ether oxygens (including phenoxy) is 1. The van der Waals surface area contributed by atoms with Crippen LogP contribution in [-0.4, -0.2) is 0 Å². The van der Waals surface area contributed by atoms with Crippen LogP contribution in [0.2, 0.25) is 15.1 Å². The molecule has 0 saturated heterocycles. The van der Waals surface area contributed by atoms with Crippen LogP contribution in [0.1, 0.15) is 16.7 Å². The van der Waals surface area contributed by atoms with Crippen molar-refractivity contribution in [1.82, 2.24) is 5.32 Å². The van der Waals surface area contributed by atoms with E-state index in [-0.39, 0.29) is 0 Å². The Morgan fingerprint density at radius 1 is 0.700 bits per heavy atom. The highest BCUT2D eigenvalue weighted by molar-refractivity contribution is 6.42. The van der Waals surface area contributed by atoms with Crippen molar-refractivity contribution in [3.05, 3.63) is 111 Å². The summed E-state index contributed by atoms with van der Waals surface area (Å²) in [7, 11) is 0. The average molecular weight is 457 g/mol. The predicted molar refractivity (Wildman–Crippen MR) is 127 cm³/mol. The molecule has 0 bridgehead atoms. The monoisotopic (exact) mass is 455 g/mol. The van der Waals surface area contributed by atoms with Crippen molar-refractivity contribution in [2.75, 3.05) is 0 Å². The second-order valence-electron chi connectivity index (χ2n) is 7.00. The van der Waals surface area contributed by atoms with Crippen molar-refractivity contribution in [2.45, 2.75) is 19.7 Å². The Hall–Kier alpha value is -2.23. The first kappa shape index (κ1) is 21.0. The smallest absolute Gasteiger partial charge is 0.124 e. The van der Waals surface area contributed by atoms with E-state index in [1.807, 2.05) is 54.6 Å². The number of halogens is 3. The third-order valence-electron chi connectivity index (χ3n) is 4.95. The lowest BCUT2D eigenvalue weighted by Gasteiger charge is -2.16. The molecule has 0 spiro atoms. The van der Waals surface area contributed by atoms with E-state index in [1.165, 1.54) is 5.39 Å². The molecule has 152 valence electrons. The normalized spacial score (nSPS) is 11.0. The molecule has 0 aliphatic heterocycles. The Balaban J connectivity index is 1.56. The van der Waals surface area contributed by atoms with E-state index in [2.05, 4.69) is 23.5 Å². The van der Waals surface area contributed by atoms with E-state index in [0.29, 0.717) is 29.7 Å². The summed E-state index contributed by atoms with van der Waals surface area (Å²) in [4.78, 5) is 0. The minimum Gasteiger partial charge on any atom is -0.489 e. The standard InChI is InChI=1S/C25H20Cl3NO/c26-22-8-4-2-6-19(22)14-29-15-21-20-7-3-1-5-18(20)10-12-25(21)30-16-17-9-11-23(27)24(28)13-17/h1-13,29H,14-16H2. The van der Waals surface area contributed by atoms with Crippen molar-refractivity contribution in [2.24, 2.45) is 0 Å². The van der Waals surface area contributed by atoms with E-state index in [0.717, 1.165) is 32.8 Å². The molecule has 0 aromatic heterocycles. The van der Waals surface area contributed by atoms with Gasteiger partial charge in [0.1, 0.15) is 12.4 Å². The highest BCUT2D eigenvalue weighted by Crippen LogP contribution is 2.30. The van der Waals surface area contributed by atoms with Crippen LogP contribution in [0.15, 0.2) is 78.9 Å². The molecule has 4 aromatic rings. The van der Waals surface area contributed by atoms with E-state index in [1.54, 1.807) is 6.07 Å². The molecule has 0 amide bonds. The lowest BCUT2D eigenvalue weighted by Crippen LogP contribution is -2.14.